The minimum absolute atomic E-state index is 0.0122. The largest absolute Gasteiger partial charge is 0.493 e. The molecule has 3 rings (SSSR count). The topological polar surface area (TPSA) is 103 Å². The quantitative estimate of drug-likeness (QED) is 0.431. The van der Waals surface area contributed by atoms with Crippen molar-refractivity contribution in [1.82, 2.24) is 5.32 Å². The fraction of sp³-hybridized carbons (Fsp3) is 0.240. The number of hydrogen-bond acceptors (Lipinski definition) is 6. The van der Waals surface area contributed by atoms with E-state index in [9.17, 15) is 17.6 Å². The molecule has 0 radical (unpaired) electrons. The maximum absolute atomic E-state index is 13.1. The molecule has 0 heterocycles. The SMILES string of the molecule is COc1ccc([C@H](C)NC(=O)COc2ccc(S(=O)(=O)Nc3ccc(F)cc3)cc2C)cc1OC. The van der Waals surface area contributed by atoms with Gasteiger partial charge in [-0.25, -0.2) is 12.8 Å². The van der Waals surface area contributed by atoms with Crippen LogP contribution in [0.2, 0.25) is 0 Å². The van der Waals surface area contributed by atoms with E-state index >= 15 is 0 Å². The number of halogens is 1. The number of anilines is 1. The van der Waals surface area contributed by atoms with E-state index in [4.69, 9.17) is 14.2 Å². The average molecular weight is 503 g/mol. The number of carbonyl (C=O) groups excluding carboxylic acids is 1. The van der Waals surface area contributed by atoms with Crippen LogP contribution in [0.3, 0.4) is 0 Å². The van der Waals surface area contributed by atoms with Gasteiger partial charge < -0.3 is 19.5 Å². The molecule has 0 spiro atoms. The lowest BCUT2D eigenvalue weighted by molar-refractivity contribution is -0.123. The van der Waals surface area contributed by atoms with Crippen molar-refractivity contribution in [1.29, 1.82) is 0 Å². The number of benzene rings is 3. The van der Waals surface area contributed by atoms with Gasteiger partial charge in [0.25, 0.3) is 15.9 Å². The summed E-state index contributed by atoms with van der Waals surface area (Å²) in [6, 6.07) is 14.4. The molecular formula is C25H27FN2O6S. The Morgan fingerprint density at radius 2 is 1.60 bits per heavy atom. The Morgan fingerprint density at radius 3 is 2.23 bits per heavy atom. The van der Waals surface area contributed by atoms with E-state index < -0.39 is 15.8 Å². The van der Waals surface area contributed by atoms with Crippen molar-refractivity contribution in [3.05, 3.63) is 77.6 Å². The van der Waals surface area contributed by atoms with Crippen LogP contribution in [0.1, 0.15) is 24.1 Å². The second-order valence-electron chi connectivity index (χ2n) is 7.73. The Morgan fingerprint density at radius 1 is 0.943 bits per heavy atom. The first kappa shape index (κ1) is 25.8. The number of nitrogens with one attached hydrogen (secondary N) is 2. The lowest BCUT2D eigenvalue weighted by atomic mass is 10.1. The molecule has 3 aromatic carbocycles. The number of hydrogen-bond donors (Lipinski definition) is 2. The Hall–Kier alpha value is -3.79. The zero-order valence-electron chi connectivity index (χ0n) is 19.8. The summed E-state index contributed by atoms with van der Waals surface area (Å²) in [6.07, 6.45) is 0. The lowest BCUT2D eigenvalue weighted by Gasteiger charge is -2.17. The molecule has 0 aromatic heterocycles. The van der Waals surface area contributed by atoms with Gasteiger partial charge in [0.15, 0.2) is 18.1 Å². The van der Waals surface area contributed by atoms with Crippen LogP contribution in [0, 0.1) is 12.7 Å². The molecule has 8 nitrogen and oxygen atoms in total. The Kier molecular flexibility index (Phi) is 8.18. The maximum atomic E-state index is 13.1. The van der Waals surface area contributed by atoms with Gasteiger partial charge in [-0.05, 0) is 79.6 Å². The van der Waals surface area contributed by atoms with Gasteiger partial charge in [-0.1, -0.05) is 6.07 Å². The third-order valence-corrected chi connectivity index (χ3v) is 6.58. The summed E-state index contributed by atoms with van der Waals surface area (Å²) in [5, 5.41) is 2.85. The molecule has 0 saturated heterocycles. The number of methoxy groups -OCH3 is 2. The van der Waals surface area contributed by atoms with Crippen molar-refractivity contribution in [3.8, 4) is 17.2 Å². The van der Waals surface area contributed by atoms with E-state index in [1.807, 2.05) is 13.0 Å². The molecule has 10 heteroatoms. The minimum atomic E-state index is -3.88. The highest BCUT2D eigenvalue weighted by molar-refractivity contribution is 7.92. The maximum Gasteiger partial charge on any atom is 0.261 e. The van der Waals surface area contributed by atoms with Crippen LogP contribution in [0.25, 0.3) is 0 Å². The van der Waals surface area contributed by atoms with Crippen LogP contribution in [-0.4, -0.2) is 35.2 Å². The summed E-state index contributed by atoms with van der Waals surface area (Å²) in [6.45, 7) is 3.26. The highest BCUT2D eigenvalue weighted by atomic mass is 32.2. The van der Waals surface area contributed by atoms with Crippen molar-refractivity contribution < 1.29 is 31.8 Å². The number of rotatable bonds is 10. The first-order chi connectivity index (χ1) is 16.6. The normalized spacial score (nSPS) is 11.9. The number of carbonyl (C=O) groups is 1. The molecule has 1 atom stereocenters. The Balaban J connectivity index is 1.60. The van der Waals surface area contributed by atoms with Crippen molar-refractivity contribution >= 4 is 21.6 Å². The summed E-state index contributed by atoms with van der Waals surface area (Å²) in [5.74, 6) is 0.710. The third-order valence-electron chi connectivity index (χ3n) is 5.20. The van der Waals surface area contributed by atoms with Crippen LogP contribution >= 0.6 is 0 Å². The first-order valence-electron chi connectivity index (χ1n) is 10.7. The van der Waals surface area contributed by atoms with Gasteiger partial charge in [0.1, 0.15) is 11.6 Å². The van der Waals surface area contributed by atoms with Gasteiger partial charge in [0.05, 0.1) is 25.2 Å². The second kappa shape index (κ2) is 11.1. The number of amides is 1. The first-order valence-corrected chi connectivity index (χ1v) is 12.1. The van der Waals surface area contributed by atoms with Crippen molar-refractivity contribution in [3.63, 3.8) is 0 Å². The van der Waals surface area contributed by atoms with Crippen molar-refractivity contribution in [2.24, 2.45) is 0 Å². The third kappa shape index (κ3) is 6.63. The summed E-state index contributed by atoms with van der Waals surface area (Å²) in [5.41, 5.74) is 1.60. The van der Waals surface area contributed by atoms with Gasteiger partial charge in [0, 0.05) is 5.69 Å². The van der Waals surface area contributed by atoms with Gasteiger partial charge in [-0.3, -0.25) is 9.52 Å². The van der Waals surface area contributed by atoms with Crippen molar-refractivity contribution in [2.45, 2.75) is 24.8 Å². The average Bonchev–Trinajstić information content (AvgIpc) is 2.84. The van der Waals surface area contributed by atoms with Crippen LogP contribution in [0.15, 0.2) is 65.6 Å². The molecule has 0 aliphatic heterocycles. The van der Waals surface area contributed by atoms with Gasteiger partial charge in [-0.2, -0.15) is 0 Å². The fourth-order valence-corrected chi connectivity index (χ4v) is 4.46. The van der Waals surface area contributed by atoms with Crippen LogP contribution < -0.4 is 24.2 Å². The Labute approximate surface area is 204 Å². The van der Waals surface area contributed by atoms with Crippen LogP contribution in [0.5, 0.6) is 17.2 Å². The second-order valence-corrected chi connectivity index (χ2v) is 9.41. The molecule has 3 aromatic rings. The predicted molar refractivity (Wildman–Crippen MR) is 130 cm³/mol. The van der Waals surface area contributed by atoms with Crippen molar-refractivity contribution in [2.75, 3.05) is 25.5 Å². The van der Waals surface area contributed by atoms with Gasteiger partial charge >= 0.3 is 0 Å². The molecular weight excluding hydrogens is 475 g/mol. The van der Waals surface area contributed by atoms with Crippen LogP contribution in [0.4, 0.5) is 10.1 Å². The summed E-state index contributed by atoms with van der Waals surface area (Å²) in [4.78, 5) is 12.4. The minimum Gasteiger partial charge on any atom is -0.493 e. The van der Waals surface area contributed by atoms with E-state index in [-0.39, 0.29) is 29.1 Å². The standard InChI is InChI=1S/C25H27FN2O6S/c1-16-13-21(35(30,31)28-20-8-6-19(26)7-9-20)10-12-22(16)34-15-25(29)27-17(2)18-5-11-23(32-3)24(14-18)33-4/h5-14,17,28H,15H2,1-4H3,(H,27,29)/t17-/m0/s1. The molecule has 0 bridgehead atoms. The zero-order valence-corrected chi connectivity index (χ0v) is 20.6. The summed E-state index contributed by atoms with van der Waals surface area (Å²) >= 11 is 0. The van der Waals surface area contributed by atoms with Gasteiger partial charge in [-0.15, -0.1) is 0 Å². The smallest absolute Gasteiger partial charge is 0.261 e. The highest BCUT2D eigenvalue weighted by Gasteiger charge is 2.17. The Bertz CT molecular complexity index is 1300. The van der Waals surface area contributed by atoms with E-state index in [0.717, 1.165) is 17.7 Å². The number of sulfonamides is 1. The molecule has 186 valence electrons. The number of aryl methyl sites for hydroxylation is 1. The number of ether oxygens (including phenoxy) is 3. The molecule has 1 amide bonds. The van der Waals surface area contributed by atoms with Gasteiger partial charge in [0.2, 0.25) is 0 Å². The summed E-state index contributed by atoms with van der Waals surface area (Å²) in [7, 11) is -0.795. The monoisotopic (exact) mass is 502 g/mol. The predicted octanol–water partition coefficient (Wildman–Crippen LogP) is 4.21. The lowest BCUT2D eigenvalue weighted by Crippen LogP contribution is -2.31. The summed E-state index contributed by atoms with van der Waals surface area (Å²) < 4.78 is 56.8. The fourth-order valence-electron chi connectivity index (χ4n) is 3.31. The molecule has 0 aliphatic rings. The molecule has 0 aliphatic carbocycles. The van der Waals surface area contributed by atoms with E-state index in [2.05, 4.69) is 10.0 Å². The highest BCUT2D eigenvalue weighted by Crippen LogP contribution is 2.30. The molecule has 0 unspecified atom stereocenters. The molecule has 2 N–H and O–H groups in total. The van der Waals surface area contributed by atoms with E-state index in [0.29, 0.717) is 22.8 Å². The molecule has 35 heavy (non-hydrogen) atoms. The molecule has 0 fully saturated rings. The van der Waals surface area contributed by atoms with E-state index in [1.165, 1.54) is 37.4 Å². The van der Waals surface area contributed by atoms with E-state index in [1.54, 1.807) is 26.2 Å². The zero-order chi connectivity index (χ0) is 25.6. The molecule has 0 saturated carbocycles. The van der Waals surface area contributed by atoms with Crippen LogP contribution in [-0.2, 0) is 14.8 Å².